The van der Waals surface area contributed by atoms with Gasteiger partial charge in [0.1, 0.15) is 0 Å². The van der Waals surface area contributed by atoms with Crippen LogP contribution in [0.25, 0.3) is 0 Å². The maximum Gasteiger partial charge on any atom is 0.223 e. The van der Waals surface area contributed by atoms with Crippen LogP contribution < -0.4 is 5.32 Å². The Bertz CT molecular complexity index is 393. The molecule has 0 aliphatic rings. The normalized spacial score (nSPS) is 9.00. The smallest absolute Gasteiger partial charge is 0.223 e. The first-order chi connectivity index (χ1) is 6.77. The van der Waals surface area contributed by atoms with Crippen LogP contribution >= 0.6 is 0 Å². The van der Waals surface area contributed by atoms with E-state index in [9.17, 15) is 9.18 Å². The molecule has 0 fully saturated rings. The number of halogens is 1. The zero-order valence-corrected chi connectivity index (χ0v) is 7.67. The largest absolute Gasteiger partial charge is 0.309 e. The summed E-state index contributed by atoms with van der Waals surface area (Å²) < 4.78 is 12.8. The molecule has 0 unspecified atom stereocenters. The average molecular weight is 192 g/mol. The van der Waals surface area contributed by atoms with E-state index in [0.717, 1.165) is 0 Å². The van der Waals surface area contributed by atoms with Gasteiger partial charge >= 0.3 is 0 Å². The topological polar surface area (TPSA) is 42.0 Å². The van der Waals surface area contributed by atoms with Gasteiger partial charge in [-0.15, -0.1) is 0 Å². The molecular formula is C10H9FN2O. The first-order valence-electron chi connectivity index (χ1n) is 4.02. The molecule has 0 radical (unpaired) electrons. The molecule has 0 atom stereocenters. The van der Waals surface area contributed by atoms with Crippen molar-refractivity contribution in [1.82, 2.24) is 10.3 Å². The van der Waals surface area contributed by atoms with E-state index >= 15 is 0 Å². The van der Waals surface area contributed by atoms with Gasteiger partial charge in [0.05, 0.1) is 12.1 Å². The summed E-state index contributed by atoms with van der Waals surface area (Å²) in [6, 6.07) is 1.37. The molecular weight excluding hydrogens is 183 g/mol. The summed E-state index contributed by atoms with van der Waals surface area (Å²) in [5.74, 6) is 4.76. The summed E-state index contributed by atoms with van der Waals surface area (Å²) in [6.07, 6.45) is 1.72. The second kappa shape index (κ2) is 5.10. The van der Waals surface area contributed by atoms with Crippen LogP contribution in [0.5, 0.6) is 0 Å². The lowest BCUT2D eigenvalue weighted by Gasteiger charge is -1.93. The van der Waals surface area contributed by atoms with E-state index < -0.39 is 5.95 Å². The Balaban J connectivity index is 2.91. The molecule has 0 saturated heterocycles. The Morgan fingerprint density at radius 3 is 3.14 bits per heavy atom. The quantitative estimate of drug-likeness (QED) is 0.424. The van der Waals surface area contributed by atoms with Gasteiger partial charge in [0.2, 0.25) is 5.95 Å². The summed E-state index contributed by atoms with van der Waals surface area (Å²) >= 11 is 0. The molecule has 1 rings (SSSR count). The second-order valence-corrected chi connectivity index (χ2v) is 2.55. The minimum Gasteiger partial charge on any atom is -0.309 e. The number of hydrogen-bond acceptors (Lipinski definition) is 3. The zero-order valence-electron chi connectivity index (χ0n) is 7.67. The lowest BCUT2D eigenvalue weighted by molar-refractivity contribution is 0.111. The number of aromatic nitrogens is 1. The molecule has 0 bridgehead atoms. The number of carbonyl (C=O) groups is 1. The highest BCUT2D eigenvalue weighted by molar-refractivity contribution is 5.75. The summed E-state index contributed by atoms with van der Waals surface area (Å²) in [5.41, 5.74) is 0.463. The van der Waals surface area contributed by atoms with Crippen molar-refractivity contribution in [3.8, 4) is 11.8 Å². The highest BCUT2D eigenvalue weighted by Gasteiger charge is 2.01. The Hall–Kier alpha value is -1.73. The van der Waals surface area contributed by atoms with Crippen LogP contribution in [-0.4, -0.2) is 24.9 Å². The van der Waals surface area contributed by atoms with Gasteiger partial charge in [-0.1, -0.05) is 11.8 Å². The molecule has 1 heterocycles. The third-order valence-corrected chi connectivity index (χ3v) is 1.49. The molecule has 14 heavy (non-hydrogen) atoms. The van der Waals surface area contributed by atoms with Gasteiger partial charge in [0.25, 0.3) is 0 Å². The number of hydrogen-bond donors (Lipinski definition) is 1. The van der Waals surface area contributed by atoms with Gasteiger partial charge in [-0.05, 0) is 13.1 Å². The van der Waals surface area contributed by atoms with E-state index in [0.29, 0.717) is 18.4 Å². The standard InChI is InChI=1S/C10H9FN2O/c1-12-4-2-3-8-5-9(7-14)10(11)13-6-8/h5-7,12H,4H2,1H3. The second-order valence-electron chi connectivity index (χ2n) is 2.55. The Labute approximate surface area is 81.4 Å². The monoisotopic (exact) mass is 192 g/mol. The number of rotatable bonds is 2. The Kier molecular flexibility index (Phi) is 3.77. The van der Waals surface area contributed by atoms with Gasteiger partial charge in [-0.25, -0.2) is 4.98 Å². The fourth-order valence-electron chi connectivity index (χ4n) is 0.851. The van der Waals surface area contributed by atoms with Crippen molar-refractivity contribution in [3.05, 3.63) is 29.3 Å². The molecule has 1 N–H and O–H groups in total. The lowest BCUT2D eigenvalue weighted by atomic mass is 10.2. The maximum absolute atomic E-state index is 12.8. The van der Waals surface area contributed by atoms with E-state index in [1.165, 1.54) is 12.3 Å². The SMILES string of the molecule is CNCC#Cc1cnc(F)c(C=O)c1. The predicted molar refractivity (Wildman–Crippen MR) is 50.4 cm³/mol. The van der Waals surface area contributed by atoms with Crippen molar-refractivity contribution in [1.29, 1.82) is 0 Å². The van der Waals surface area contributed by atoms with Crippen LogP contribution in [-0.2, 0) is 0 Å². The molecule has 3 nitrogen and oxygen atoms in total. The molecule has 72 valence electrons. The number of nitrogens with one attached hydrogen (secondary N) is 1. The summed E-state index contributed by atoms with van der Waals surface area (Å²) in [4.78, 5) is 13.8. The molecule has 0 spiro atoms. The van der Waals surface area contributed by atoms with E-state index in [4.69, 9.17) is 0 Å². The van der Waals surface area contributed by atoms with Crippen molar-refractivity contribution in [2.75, 3.05) is 13.6 Å². The molecule has 0 amide bonds. The van der Waals surface area contributed by atoms with Crippen LogP contribution in [0.15, 0.2) is 12.3 Å². The molecule has 1 aromatic rings. The maximum atomic E-state index is 12.8. The molecule has 0 saturated carbocycles. The van der Waals surface area contributed by atoms with Crippen molar-refractivity contribution in [2.45, 2.75) is 0 Å². The number of aldehydes is 1. The first-order valence-corrected chi connectivity index (χ1v) is 4.02. The zero-order chi connectivity index (χ0) is 10.4. The highest BCUT2D eigenvalue weighted by Crippen LogP contribution is 2.03. The Morgan fingerprint density at radius 2 is 2.50 bits per heavy atom. The van der Waals surface area contributed by atoms with Crippen molar-refractivity contribution in [2.24, 2.45) is 0 Å². The molecule has 1 aromatic heterocycles. The summed E-state index contributed by atoms with van der Waals surface area (Å²) in [6.45, 7) is 0.536. The van der Waals surface area contributed by atoms with Crippen LogP contribution in [0.2, 0.25) is 0 Å². The van der Waals surface area contributed by atoms with E-state index in [1.807, 2.05) is 0 Å². The van der Waals surface area contributed by atoms with Gasteiger partial charge < -0.3 is 5.32 Å². The van der Waals surface area contributed by atoms with Gasteiger partial charge in [-0.3, -0.25) is 4.79 Å². The molecule has 0 aromatic carbocycles. The van der Waals surface area contributed by atoms with Gasteiger partial charge in [0, 0.05) is 11.8 Å². The number of carbonyl (C=O) groups excluding carboxylic acids is 1. The van der Waals surface area contributed by atoms with E-state index in [2.05, 4.69) is 22.1 Å². The number of pyridine rings is 1. The van der Waals surface area contributed by atoms with Crippen LogP contribution in [0, 0.1) is 17.8 Å². The third kappa shape index (κ3) is 2.64. The van der Waals surface area contributed by atoms with E-state index in [1.54, 1.807) is 7.05 Å². The molecule has 4 heteroatoms. The first kappa shape index (κ1) is 10.4. The fourth-order valence-corrected chi connectivity index (χ4v) is 0.851. The van der Waals surface area contributed by atoms with Gasteiger partial charge in [-0.2, -0.15) is 4.39 Å². The average Bonchev–Trinajstić information content (AvgIpc) is 2.21. The van der Waals surface area contributed by atoms with Crippen LogP contribution in [0.3, 0.4) is 0 Å². The van der Waals surface area contributed by atoms with Crippen molar-refractivity contribution in [3.63, 3.8) is 0 Å². The molecule has 0 aliphatic heterocycles. The minimum atomic E-state index is -0.765. The molecule has 0 aliphatic carbocycles. The van der Waals surface area contributed by atoms with Crippen molar-refractivity contribution < 1.29 is 9.18 Å². The number of nitrogens with zero attached hydrogens (tertiary/aromatic N) is 1. The Morgan fingerprint density at radius 1 is 1.71 bits per heavy atom. The van der Waals surface area contributed by atoms with Crippen LogP contribution in [0.1, 0.15) is 15.9 Å². The third-order valence-electron chi connectivity index (χ3n) is 1.49. The lowest BCUT2D eigenvalue weighted by Crippen LogP contribution is -2.04. The van der Waals surface area contributed by atoms with E-state index in [-0.39, 0.29) is 5.56 Å². The van der Waals surface area contributed by atoms with Crippen molar-refractivity contribution >= 4 is 6.29 Å². The summed E-state index contributed by atoms with van der Waals surface area (Å²) in [7, 11) is 1.77. The highest BCUT2D eigenvalue weighted by atomic mass is 19.1. The fraction of sp³-hybridized carbons (Fsp3) is 0.200. The van der Waals surface area contributed by atoms with Gasteiger partial charge in [0.15, 0.2) is 6.29 Å². The van der Waals surface area contributed by atoms with Crippen LogP contribution in [0.4, 0.5) is 4.39 Å². The predicted octanol–water partition coefficient (Wildman–Crippen LogP) is 0.604. The minimum absolute atomic E-state index is 0.0683. The summed E-state index contributed by atoms with van der Waals surface area (Å²) in [5, 5.41) is 2.84.